The maximum Gasteiger partial charge on any atom is 0.250 e. The van der Waals surface area contributed by atoms with Crippen LogP contribution < -0.4 is 11.3 Å². The molecule has 5 heteroatoms. The largest absolute Gasteiger partial charge is 0.398 e. The van der Waals surface area contributed by atoms with Crippen LogP contribution in [-0.2, 0) is 11.3 Å². The molecule has 0 radical (unpaired) electrons. The first-order valence-electron chi connectivity index (χ1n) is 6.70. The quantitative estimate of drug-likeness (QED) is 0.764. The Labute approximate surface area is 115 Å². The van der Waals surface area contributed by atoms with E-state index in [4.69, 9.17) is 10.5 Å². The van der Waals surface area contributed by atoms with E-state index in [9.17, 15) is 4.79 Å². The molecule has 0 saturated carbocycles. The van der Waals surface area contributed by atoms with Crippen LogP contribution in [0.25, 0.3) is 0 Å². The SMILES string of the molecule is COCCN(CCn1cc(N)ccc1=O)CC(C)C. The first-order chi connectivity index (χ1) is 9.02. The molecule has 0 unspecified atom stereocenters. The van der Waals surface area contributed by atoms with E-state index < -0.39 is 0 Å². The zero-order valence-corrected chi connectivity index (χ0v) is 12.1. The number of methoxy groups -OCH3 is 1. The summed E-state index contributed by atoms with van der Waals surface area (Å²) in [5.74, 6) is 0.592. The van der Waals surface area contributed by atoms with Gasteiger partial charge in [-0.3, -0.25) is 9.69 Å². The fourth-order valence-electron chi connectivity index (χ4n) is 2.00. The van der Waals surface area contributed by atoms with Crippen LogP contribution in [0.3, 0.4) is 0 Å². The molecule has 0 aliphatic rings. The van der Waals surface area contributed by atoms with Crippen molar-refractivity contribution in [3.05, 3.63) is 28.7 Å². The van der Waals surface area contributed by atoms with E-state index in [-0.39, 0.29) is 5.56 Å². The Morgan fingerprint density at radius 2 is 2.11 bits per heavy atom. The van der Waals surface area contributed by atoms with Crippen LogP contribution in [0.2, 0.25) is 0 Å². The van der Waals surface area contributed by atoms with Crippen LogP contribution in [0.15, 0.2) is 23.1 Å². The third-order valence-corrected chi connectivity index (χ3v) is 2.90. The summed E-state index contributed by atoms with van der Waals surface area (Å²) in [6, 6.07) is 3.15. The van der Waals surface area contributed by atoms with Crippen molar-refractivity contribution in [2.24, 2.45) is 5.92 Å². The summed E-state index contributed by atoms with van der Waals surface area (Å²) in [5.41, 5.74) is 6.31. The van der Waals surface area contributed by atoms with E-state index >= 15 is 0 Å². The van der Waals surface area contributed by atoms with Crippen LogP contribution in [0.1, 0.15) is 13.8 Å². The predicted octanol–water partition coefficient (Wildman–Crippen LogP) is 1.03. The summed E-state index contributed by atoms with van der Waals surface area (Å²) in [7, 11) is 1.70. The molecule has 0 aliphatic heterocycles. The second kappa shape index (κ2) is 7.96. The van der Waals surface area contributed by atoms with E-state index in [0.29, 0.717) is 24.8 Å². The molecule has 19 heavy (non-hydrogen) atoms. The average molecular weight is 267 g/mol. The van der Waals surface area contributed by atoms with Crippen LogP contribution >= 0.6 is 0 Å². The number of nitrogen functional groups attached to an aromatic ring is 1. The maximum atomic E-state index is 11.7. The van der Waals surface area contributed by atoms with E-state index in [2.05, 4.69) is 18.7 Å². The Bertz CT molecular complexity index is 429. The molecule has 1 aromatic rings. The minimum Gasteiger partial charge on any atom is -0.398 e. The number of hydrogen-bond donors (Lipinski definition) is 1. The fourth-order valence-corrected chi connectivity index (χ4v) is 2.00. The van der Waals surface area contributed by atoms with Gasteiger partial charge in [0.05, 0.1) is 6.61 Å². The van der Waals surface area contributed by atoms with Crippen molar-refractivity contribution in [2.45, 2.75) is 20.4 Å². The van der Waals surface area contributed by atoms with Crippen LogP contribution in [-0.4, -0.2) is 42.8 Å². The monoisotopic (exact) mass is 267 g/mol. The summed E-state index contributed by atoms with van der Waals surface area (Å²) in [6.07, 6.45) is 1.70. The Morgan fingerprint density at radius 3 is 2.74 bits per heavy atom. The standard InChI is InChI=1S/C14H25N3O2/c1-12(2)10-16(8-9-19-3)6-7-17-11-13(15)4-5-14(17)18/h4-5,11-12H,6-10,15H2,1-3H3. The summed E-state index contributed by atoms with van der Waals surface area (Å²) in [6.45, 7) is 8.44. The number of nitrogens with zero attached hydrogens (tertiary/aromatic N) is 2. The number of rotatable bonds is 8. The molecule has 2 N–H and O–H groups in total. The van der Waals surface area contributed by atoms with Crippen molar-refractivity contribution in [3.63, 3.8) is 0 Å². The lowest BCUT2D eigenvalue weighted by Crippen LogP contribution is -2.35. The minimum atomic E-state index is -0.00885. The molecule has 0 amide bonds. The summed E-state index contributed by atoms with van der Waals surface area (Å²) in [5, 5.41) is 0. The lowest BCUT2D eigenvalue weighted by molar-refractivity contribution is 0.137. The van der Waals surface area contributed by atoms with Gasteiger partial charge in [0.15, 0.2) is 0 Å². The molecule has 1 rings (SSSR count). The number of ether oxygens (including phenoxy) is 1. The number of nitrogens with two attached hydrogens (primary N) is 1. The molecular weight excluding hydrogens is 242 g/mol. The number of pyridine rings is 1. The summed E-state index contributed by atoms with van der Waals surface area (Å²) >= 11 is 0. The first-order valence-corrected chi connectivity index (χ1v) is 6.70. The van der Waals surface area contributed by atoms with E-state index in [1.54, 1.807) is 23.9 Å². The summed E-state index contributed by atoms with van der Waals surface area (Å²) < 4.78 is 6.78. The van der Waals surface area contributed by atoms with Gasteiger partial charge in [0.2, 0.25) is 0 Å². The van der Waals surface area contributed by atoms with Gasteiger partial charge in [0.1, 0.15) is 0 Å². The molecule has 0 aliphatic carbocycles. The third-order valence-electron chi connectivity index (χ3n) is 2.90. The van der Waals surface area contributed by atoms with Crippen molar-refractivity contribution < 1.29 is 4.74 Å². The van der Waals surface area contributed by atoms with Crippen LogP contribution in [0, 0.1) is 5.92 Å². The van der Waals surface area contributed by atoms with Gasteiger partial charge < -0.3 is 15.0 Å². The molecule has 108 valence electrons. The first kappa shape index (κ1) is 15.7. The number of aromatic nitrogens is 1. The highest BCUT2D eigenvalue weighted by atomic mass is 16.5. The molecule has 1 heterocycles. The maximum absolute atomic E-state index is 11.7. The third kappa shape index (κ3) is 5.89. The van der Waals surface area contributed by atoms with Gasteiger partial charge in [-0.2, -0.15) is 0 Å². The molecule has 0 spiro atoms. The van der Waals surface area contributed by atoms with E-state index in [1.165, 1.54) is 6.07 Å². The Morgan fingerprint density at radius 1 is 1.37 bits per heavy atom. The number of anilines is 1. The second-order valence-corrected chi connectivity index (χ2v) is 5.18. The zero-order chi connectivity index (χ0) is 14.3. The van der Waals surface area contributed by atoms with Crippen molar-refractivity contribution in [1.29, 1.82) is 0 Å². The predicted molar refractivity (Wildman–Crippen MR) is 78.3 cm³/mol. The van der Waals surface area contributed by atoms with Crippen molar-refractivity contribution >= 4 is 5.69 Å². The lowest BCUT2D eigenvalue weighted by atomic mass is 10.2. The fraction of sp³-hybridized carbons (Fsp3) is 0.643. The Balaban J connectivity index is 2.59. The van der Waals surface area contributed by atoms with Gasteiger partial charge in [0, 0.05) is 51.2 Å². The molecule has 5 nitrogen and oxygen atoms in total. The molecule has 0 atom stereocenters. The molecule has 0 bridgehead atoms. The van der Waals surface area contributed by atoms with E-state index in [1.807, 2.05) is 0 Å². The molecule has 1 aromatic heterocycles. The normalized spacial score (nSPS) is 11.4. The minimum absolute atomic E-state index is 0.00885. The van der Waals surface area contributed by atoms with Gasteiger partial charge in [0.25, 0.3) is 5.56 Å². The van der Waals surface area contributed by atoms with Gasteiger partial charge in [-0.15, -0.1) is 0 Å². The highest BCUT2D eigenvalue weighted by Gasteiger charge is 2.07. The smallest absolute Gasteiger partial charge is 0.250 e. The van der Waals surface area contributed by atoms with Crippen molar-refractivity contribution in [3.8, 4) is 0 Å². The van der Waals surface area contributed by atoms with Gasteiger partial charge in [-0.1, -0.05) is 13.8 Å². The van der Waals surface area contributed by atoms with Gasteiger partial charge >= 0.3 is 0 Å². The zero-order valence-electron chi connectivity index (χ0n) is 12.1. The highest BCUT2D eigenvalue weighted by molar-refractivity contribution is 5.33. The van der Waals surface area contributed by atoms with Crippen molar-refractivity contribution in [2.75, 3.05) is 39.1 Å². The van der Waals surface area contributed by atoms with Crippen molar-refractivity contribution in [1.82, 2.24) is 9.47 Å². The van der Waals surface area contributed by atoms with Crippen LogP contribution in [0.5, 0.6) is 0 Å². The average Bonchev–Trinajstić information content (AvgIpc) is 2.36. The van der Waals surface area contributed by atoms with Gasteiger partial charge in [-0.05, 0) is 12.0 Å². The molecule has 0 saturated heterocycles. The topological polar surface area (TPSA) is 60.5 Å². The Hall–Kier alpha value is -1.33. The number of hydrogen-bond acceptors (Lipinski definition) is 4. The molecule has 0 fully saturated rings. The summed E-state index contributed by atoms with van der Waals surface area (Å²) in [4.78, 5) is 14.0. The highest BCUT2D eigenvalue weighted by Crippen LogP contribution is 2.01. The van der Waals surface area contributed by atoms with Crippen LogP contribution in [0.4, 0.5) is 5.69 Å². The van der Waals surface area contributed by atoms with E-state index in [0.717, 1.165) is 19.6 Å². The molecular formula is C14H25N3O2. The van der Waals surface area contributed by atoms with Gasteiger partial charge in [-0.25, -0.2) is 0 Å². The lowest BCUT2D eigenvalue weighted by Gasteiger charge is -2.24. The second-order valence-electron chi connectivity index (χ2n) is 5.18. The molecule has 0 aromatic carbocycles. The Kier molecular flexibility index (Phi) is 6.59.